The third-order valence-electron chi connectivity index (χ3n) is 3.05. The van der Waals surface area contributed by atoms with Gasteiger partial charge >= 0.3 is 0 Å². The first-order valence-electron chi connectivity index (χ1n) is 5.61. The Morgan fingerprint density at radius 3 is 2.20 bits per heavy atom. The molecule has 1 unspecified atom stereocenters. The van der Waals surface area contributed by atoms with Gasteiger partial charge in [0.25, 0.3) is 0 Å². The van der Waals surface area contributed by atoms with Crippen LogP contribution in [0.3, 0.4) is 0 Å². The standard InChI is InChI=1S/C12H25IOSi/c1-7-8-11(9-10-13)14-15(5,6)12(2,3)4/h7-8,11H,9-10H2,1-6H3/b8-7+. The maximum Gasteiger partial charge on any atom is 0.192 e. The minimum Gasteiger partial charge on any atom is -0.411 e. The van der Waals surface area contributed by atoms with E-state index in [9.17, 15) is 0 Å². The number of halogens is 1. The number of rotatable bonds is 5. The van der Waals surface area contributed by atoms with Crippen LogP contribution in [0.2, 0.25) is 18.1 Å². The summed E-state index contributed by atoms with van der Waals surface area (Å²) in [6.45, 7) is 13.6. The summed E-state index contributed by atoms with van der Waals surface area (Å²) in [5, 5.41) is 0.304. The molecule has 0 aromatic carbocycles. The highest BCUT2D eigenvalue weighted by Crippen LogP contribution is 2.37. The summed E-state index contributed by atoms with van der Waals surface area (Å²) >= 11 is 2.42. The molecule has 0 aliphatic heterocycles. The monoisotopic (exact) mass is 340 g/mol. The Labute approximate surface area is 110 Å². The van der Waals surface area contributed by atoms with Crippen LogP contribution in [0, 0.1) is 0 Å². The Morgan fingerprint density at radius 2 is 1.87 bits per heavy atom. The van der Waals surface area contributed by atoms with Crippen LogP contribution in [0.5, 0.6) is 0 Å². The van der Waals surface area contributed by atoms with E-state index in [1.807, 2.05) is 0 Å². The summed E-state index contributed by atoms with van der Waals surface area (Å²) in [5.74, 6) is 0. The third kappa shape index (κ3) is 5.50. The van der Waals surface area contributed by atoms with Crippen LogP contribution in [0.25, 0.3) is 0 Å². The Bertz CT molecular complexity index is 206. The smallest absolute Gasteiger partial charge is 0.192 e. The Kier molecular flexibility index (Phi) is 6.67. The Morgan fingerprint density at radius 1 is 1.33 bits per heavy atom. The second kappa shape index (κ2) is 6.40. The zero-order valence-corrected chi connectivity index (χ0v) is 14.1. The molecule has 0 saturated carbocycles. The van der Waals surface area contributed by atoms with Gasteiger partial charge in [0.1, 0.15) is 0 Å². The van der Waals surface area contributed by atoms with E-state index in [1.54, 1.807) is 0 Å². The van der Waals surface area contributed by atoms with Gasteiger partial charge in [-0.05, 0) is 31.5 Å². The topological polar surface area (TPSA) is 9.23 Å². The summed E-state index contributed by atoms with van der Waals surface area (Å²) in [6, 6.07) is 0. The lowest BCUT2D eigenvalue weighted by Gasteiger charge is -2.38. The first-order chi connectivity index (χ1) is 6.74. The van der Waals surface area contributed by atoms with Crippen molar-refractivity contribution in [2.75, 3.05) is 4.43 Å². The normalized spacial score (nSPS) is 15.9. The molecule has 90 valence electrons. The average Bonchev–Trinajstić information content (AvgIpc) is 2.02. The molecule has 0 aromatic heterocycles. The molecule has 0 radical (unpaired) electrons. The van der Waals surface area contributed by atoms with Gasteiger partial charge in [-0.1, -0.05) is 55.5 Å². The first-order valence-corrected chi connectivity index (χ1v) is 10.0. The van der Waals surface area contributed by atoms with Crippen molar-refractivity contribution in [3.05, 3.63) is 12.2 Å². The lowest BCUT2D eigenvalue weighted by atomic mass is 10.2. The highest BCUT2D eigenvalue weighted by molar-refractivity contribution is 14.1. The quantitative estimate of drug-likeness (QED) is 0.303. The number of hydrogen-bond donors (Lipinski definition) is 0. The zero-order chi connectivity index (χ0) is 12.1. The van der Waals surface area contributed by atoms with Crippen LogP contribution >= 0.6 is 22.6 Å². The van der Waals surface area contributed by atoms with E-state index in [-0.39, 0.29) is 0 Å². The number of allylic oxidation sites excluding steroid dienone is 1. The SMILES string of the molecule is C/C=C/C(CCI)O[Si](C)(C)C(C)(C)C. The molecule has 0 rings (SSSR count). The van der Waals surface area contributed by atoms with Crippen molar-refractivity contribution >= 4 is 30.9 Å². The van der Waals surface area contributed by atoms with E-state index in [1.165, 1.54) is 0 Å². The van der Waals surface area contributed by atoms with Crippen molar-refractivity contribution in [2.45, 2.75) is 58.4 Å². The van der Waals surface area contributed by atoms with Gasteiger partial charge in [0.15, 0.2) is 8.32 Å². The first kappa shape index (κ1) is 15.6. The van der Waals surface area contributed by atoms with Crippen molar-refractivity contribution in [3.8, 4) is 0 Å². The molecule has 0 heterocycles. The zero-order valence-electron chi connectivity index (χ0n) is 10.9. The van der Waals surface area contributed by atoms with Gasteiger partial charge in [-0.3, -0.25) is 0 Å². The highest BCUT2D eigenvalue weighted by Gasteiger charge is 2.38. The number of alkyl halides is 1. The maximum absolute atomic E-state index is 6.33. The molecule has 3 heteroatoms. The molecule has 0 amide bonds. The van der Waals surface area contributed by atoms with Crippen LogP contribution in [-0.4, -0.2) is 18.8 Å². The fraction of sp³-hybridized carbons (Fsp3) is 0.833. The van der Waals surface area contributed by atoms with Crippen molar-refractivity contribution in [3.63, 3.8) is 0 Å². The van der Waals surface area contributed by atoms with E-state index >= 15 is 0 Å². The summed E-state index contributed by atoms with van der Waals surface area (Å²) in [6.07, 6.45) is 5.73. The summed E-state index contributed by atoms with van der Waals surface area (Å²) in [7, 11) is -1.60. The Balaban J connectivity index is 4.51. The van der Waals surface area contributed by atoms with Gasteiger partial charge in [0.2, 0.25) is 0 Å². The largest absolute Gasteiger partial charge is 0.411 e. The molecular weight excluding hydrogens is 315 g/mol. The molecule has 0 N–H and O–H groups in total. The minimum absolute atomic E-state index is 0.304. The van der Waals surface area contributed by atoms with Crippen LogP contribution in [0.4, 0.5) is 0 Å². The molecule has 1 nitrogen and oxygen atoms in total. The predicted molar refractivity (Wildman–Crippen MR) is 80.4 cm³/mol. The average molecular weight is 340 g/mol. The van der Waals surface area contributed by atoms with E-state index in [0.717, 1.165) is 10.8 Å². The van der Waals surface area contributed by atoms with Crippen LogP contribution < -0.4 is 0 Å². The molecule has 15 heavy (non-hydrogen) atoms. The minimum atomic E-state index is -1.60. The van der Waals surface area contributed by atoms with E-state index in [0.29, 0.717) is 11.1 Å². The molecule has 0 aliphatic carbocycles. The summed E-state index contributed by atoms with van der Waals surface area (Å²) < 4.78 is 7.48. The van der Waals surface area contributed by atoms with Gasteiger partial charge in [0, 0.05) is 4.43 Å². The fourth-order valence-corrected chi connectivity index (χ4v) is 2.99. The molecule has 0 fully saturated rings. The molecule has 0 spiro atoms. The summed E-state index contributed by atoms with van der Waals surface area (Å²) in [5.41, 5.74) is 0. The predicted octanol–water partition coefficient (Wildman–Crippen LogP) is 4.78. The molecular formula is C12H25IOSi. The van der Waals surface area contributed by atoms with Crippen LogP contribution in [0.1, 0.15) is 34.1 Å². The second-order valence-electron chi connectivity index (χ2n) is 5.42. The van der Waals surface area contributed by atoms with E-state index in [2.05, 4.69) is 75.5 Å². The maximum atomic E-state index is 6.33. The second-order valence-corrected chi connectivity index (χ2v) is 11.3. The van der Waals surface area contributed by atoms with Crippen LogP contribution in [0.15, 0.2) is 12.2 Å². The summed E-state index contributed by atoms with van der Waals surface area (Å²) in [4.78, 5) is 0. The lowest BCUT2D eigenvalue weighted by Crippen LogP contribution is -2.43. The van der Waals surface area contributed by atoms with Crippen molar-refractivity contribution in [2.24, 2.45) is 0 Å². The third-order valence-corrected chi connectivity index (χ3v) is 8.18. The van der Waals surface area contributed by atoms with E-state index in [4.69, 9.17) is 4.43 Å². The molecule has 0 aliphatic rings. The highest BCUT2D eigenvalue weighted by atomic mass is 127. The van der Waals surface area contributed by atoms with Gasteiger partial charge in [0.05, 0.1) is 6.10 Å². The molecule has 1 atom stereocenters. The fourth-order valence-electron chi connectivity index (χ4n) is 1.07. The van der Waals surface area contributed by atoms with Gasteiger partial charge in [-0.2, -0.15) is 0 Å². The van der Waals surface area contributed by atoms with Crippen molar-refractivity contribution in [1.29, 1.82) is 0 Å². The lowest BCUT2D eigenvalue weighted by molar-refractivity contribution is 0.223. The van der Waals surface area contributed by atoms with E-state index < -0.39 is 8.32 Å². The van der Waals surface area contributed by atoms with Crippen LogP contribution in [-0.2, 0) is 4.43 Å². The molecule has 0 aromatic rings. The number of hydrogen-bond acceptors (Lipinski definition) is 1. The van der Waals surface area contributed by atoms with Crippen molar-refractivity contribution in [1.82, 2.24) is 0 Å². The molecule has 0 bridgehead atoms. The van der Waals surface area contributed by atoms with Gasteiger partial charge in [-0.25, -0.2) is 0 Å². The van der Waals surface area contributed by atoms with Gasteiger partial charge in [-0.15, -0.1) is 0 Å². The van der Waals surface area contributed by atoms with Gasteiger partial charge < -0.3 is 4.43 Å². The van der Waals surface area contributed by atoms with Crippen molar-refractivity contribution < 1.29 is 4.43 Å². The Hall–Kier alpha value is 0.647. The molecule has 0 saturated heterocycles.